The molecule has 0 aliphatic rings. The molecule has 0 unspecified atom stereocenters. The minimum Gasteiger partial charge on any atom is -0.258 e. The Hall–Kier alpha value is -0.920. The Balaban J connectivity index is 2.25. The molecule has 0 N–H and O–H groups in total. The molecule has 1 radical (unpaired) electrons. The molecule has 1 aromatic heterocycles. The van der Waals surface area contributed by atoms with Crippen LogP contribution in [0.1, 0.15) is 37.1 Å². The van der Waals surface area contributed by atoms with Crippen LogP contribution < -0.4 is 0 Å². The van der Waals surface area contributed by atoms with Gasteiger partial charge in [-0.25, -0.2) is 0 Å². The quantitative estimate of drug-likeness (QED) is 0.646. The molecular formula is C11H17N2. The van der Waals surface area contributed by atoms with E-state index in [0.717, 1.165) is 24.2 Å². The SMILES string of the molecule is [CH2]CCCCCc1cnc(C)cn1. The predicted molar refractivity (Wildman–Crippen MR) is 54.3 cm³/mol. The van der Waals surface area contributed by atoms with Crippen molar-refractivity contribution < 1.29 is 0 Å². The van der Waals surface area contributed by atoms with Gasteiger partial charge in [-0.3, -0.25) is 9.97 Å². The maximum absolute atomic E-state index is 4.30. The zero-order valence-electron chi connectivity index (χ0n) is 8.29. The van der Waals surface area contributed by atoms with E-state index in [-0.39, 0.29) is 0 Å². The van der Waals surface area contributed by atoms with Crippen LogP contribution in [0, 0.1) is 13.8 Å². The van der Waals surface area contributed by atoms with Gasteiger partial charge < -0.3 is 0 Å². The second-order valence-electron chi connectivity index (χ2n) is 3.31. The van der Waals surface area contributed by atoms with Gasteiger partial charge in [-0.05, 0) is 19.8 Å². The second-order valence-corrected chi connectivity index (χ2v) is 3.31. The summed E-state index contributed by atoms with van der Waals surface area (Å²) in [6, 6.07) is 0. The van der Waals surface area contributed by atoms with Crippen LogP contribution in [0.15, 0.2) is 12.4 Å². The highest BCUT2D eigenvalue weighted by atomic mass is 14.8. The Morgan fingerprint density at radius 1 is 1.15 bits per heavy atom. The van der Waals surface area contributed by atoms with Gasteiger partial charge in [0.15, 0.2) is 0 Å². The van der Waals surface area contributed by atoms with Gasteiger partial charge >= 0.3 is 0 Å². The van der Waals surface area contributed by atoms with Crippen molar-refractivity contribution in [3.8, 4) is 0 Å². The molecule has 1 heterocycles. The molecular weight excluding hydrogens is 160 g/mol. The highest BCUT2D eigenvalue weighted by molar-refractivity contribution is 5.00. The van der Waals surface area contributed by atoms with Crippen LogP contribution in [-0.2, 0) is 6.42 Å². The zero-order valence-corrected chi connectivity index (χ0v) is 8.29. The topological polar surface area (TPSA) is 25.8 Å². The number of rotatable bonds is 5. The number of aryl methyl sites for hydroxylation is 2. The van der Waals surface area contributed by atoms with E-state index < -0.39 is 0 Å². The molecule has 0 aliphatic carbocycles. The van der Waals surface area contributed by atoms with Gasteiger partial charge in [-0.1, -0.05) is 26.2 Å². The summed E-state index contributed by atoms with van der Waals surface area (Å²) in [6.07, 6.45) is 9.47. The van der Waals surface area contributed by atoms with Crippen LogP contribution in [0.4, 0.5) is 0 Å². The average molecular weight is 177 g/mol. The van der Waals surface area contributed by atoms with Crippen LogP contribution in [0.25, 0.3) is 0 Å². The molecule has 2 nitrogen and oxygen atoms in total. The van der Waals surface area contributed by atoms with Gasteiger partial charge in [0.25, 0.3) is 0 Å². The lowest BCUT2D eigenvalue weighted by atomic mass is 10.1. The molecule has 0 aliphatic heterocycles. The first-order valence-electron chi connectivity index (χ1n) is 4.89. The van der Waals surface area contributed by atoms with Gasteiger partial charge in [0.05, 0.1) is 11.4 Å². The molecule has 71 valence electrons. The summed E-state index contributed by atoms with van der Waals surface area (Å²) < 4.78 is 0. The first kappa shape index (κ1) is 10.2. The standard InChI is InChI=1S/C11H17N2/c1-3-4-5-6-7-11-9-12-10(2)8-13-11/h8-9H,1,3-7H2,2H3. The van der Waals surface area contributed by atoms with E-state index >= 15 is 0 Å². The molecule has 1 aromatic rings. The largest absolute Gasteiger partial charge is 0.258 e. The Morgan fingerprint density at radius 2 is 2.00 bits per heavy atom. The Labute approximate surface area is 80.4 Å². The normalized spacial score (nSPS) is 10.3. The van der Waals surface area contributed by atoms with Crippen molar-refractivity contribution in [3.63, 3.8) is 0 Å². The number of hydrogen-bond donors (Lipinski definition) is 0. The molecule has 0 bridgehead atoms. The molecule has 0 amide bonds. The van der Waals surface area contributed by atoms with Gasteiger partial charge in [0.1, 0.15) is 0 Å². The third kappa shape index (κ3) is 4.02. The van der Waals surface area contributed by atoms with Crippen molar-refractivity contribution in [2.24, 2.45) is 0 Å². The molecule has 0 saturated heterocycles. The minimum atomic E-state index is 0.988. The van der Waals surface area contributed by atoms with E-state index in [1.165, 1.54) is 19.3 Å². The Bertz CT molecular complexity index is 228. The van der Waals surface area contributed by atoms with Gasteiger partial charge in [0.2, 0.25) is 0 Å². The number of nitrogens with zero attached hydrogens (tertiary/aromatic N) is 2. The Kier molecular flexibility index (Phi) is 4.44. The van der Waals surface area contributed by atoms with Crippen LogP contribution in [0.2, 0.25) is 0 Å². The third-order valence-corrected chi connectivity index (χ3v) is 2.02. The fourth-order valence-corrected chi connectivity index (χ4v) is 1.21. The summed E-state index contributed by atoms with van der Waals surface area (Å²) in [5, 5.41) is 0. The number of unbranched alkanes of at least 4 members (excludes halogenated alkanes) is 3. The monoisotopic (exact) mass is 177 g/mol. The van der Waals surface area contributed by atoms with Crippen molar-refractivity contribution in [1.29, 1.82) is 0 Å². The van der Waals surface area contributed by atoms with E-state index in [4.69, 9.17) is 0 Å². The van der Waals surface area contributed by atoms with Crippen molar-refractivity contribution in [3.05, 3.63) is 30.7 Å². The van der Waals surface area contributed by atoms with E-state index in [9.17, 15) is 0 Å². The lowest BCUT2D eigenvalue weighted by Gasteiger charge is -1.99. The minimum absolute atomic E-state index is 0.988. The average Bonchev–Trinajstić information content (AvgIpc) is 2.15. The van der Waals surface area contributed by atoms with Gasteiger partial charge in [0, 0.05) is 12.4 Å². The summed E-state index contributed by atoms with van der Waals surface area (Å²) in [5.41, 5.74) is 2.09. The molecule has 0 fully saturated rings. The summed E-state index contributed by atoms with van der Waals surface area (Å²) >= 11 is 0. The van der Waals surface area contributed by atoms with Crippen LogP contribution in [0.5, 0.6) is 0 Å². The maximum atomic E-state index is 4.30. The van der Waals surface area contributed by atoms with Gasteiger partial charge in [-0.2, -0.15) is 0 Å². The Morgan fingerprint density at radius 3 is 2.62 bits per heavy atom. The van der Waals surface area contributed by atoms with E-state index in [2.05, 4.69) is 16.9 Å². The first-order valence-corrected chi connectivity index (χ1v) is 4.89. The smallest absolute Gasteiger partial charge is 0.0586 e. The molecule has 0 aromatic carbocycles. The molecule has 0 atom stereocenters. The van der Waals surface area contributed by atoms with Crippen molar-refractivity contribution in [2.45, 2.75) is 39.0 Å². The van der Waals surface area contributed by atoms with Crippen molar-refractivity contribution in [2.75, 3.05) is 0 Å². The van der Waals surface area contributed by atoms with Crippen molar-refractivity contribution in [1.82, 2.24) is 9.97 Å². The molecule has 0 spiro atoms. The number of aromatic nitrogens is 2. The molecule has 0 saturated carbocycles. The molecule has 1 rings (SSSR count). The summed E-state index contributed by atoms with van der Waals surface area (Å²) in [4.78, 5) is 8.50. The highest BCUT2D eigenvalue weighted by Crippen LogP contribution is 2.04. The van der Waals surface area contributed by atoms with E-state index in [1.807, 2.05) is 19.3 Å². The summed E-state index contributed by atoms with van der Waals surface area (Å²) in [5.74, 6) is 0. The van der Waals surface area contributed by atoms with E-state index in [1.54, 1.807) is 0 Å². The van der Waals surface area contributed by atoms with Crippen LogP contribution in [0.3, 0.4) is 0 Å². The summed E-state index contributed by atoms with van der Waals surface area (Å²) in [7, 11) is 0. The first-order chi connectivity index (χ1) is 6.33. The van der Waals surface area contributed by atoms with Crippen LogP contribution in [-0.4, -0.2) is 9.97 Å². The number of hydrogen-bond acceptors (Lipinski definition) is 2. The lowest BCUT2D eigenvalue weighted by Crippen LogP contribution is -1.92. The fraction of sp³-hybridized carbons (Fsp3) is 0.545. The maximum Gasteiger partial charge on any atom is 0.0586 e. The lowest BCUT2D eigenvalue weighted by molar-refractivity contribution is 0.676. The molecule has 2 heteroatoms. The predicted octanol–water partition coefficient (Wildman–Crippen LogP) is 2.72. The van der Waals surface area contributed by atoms with E-state index in [0.29, 0.717) is 0 Å². The molecule has 13 heavy (non-hydrogen) atoms. The highest BCUT2D eigenvalue weighted by Gasteiger charge is 1.94. The zero-order chi connectivity index (χ0) is 9.52. The van der Waals surface area contributed by atoms with Gasteiger partial charge in [-0.15, -0.1) is 0 Å². The van der Waals surface area contributed by atoms with Crippen LogP contribution >= 0.6 is 0 Å². The third-order valence-electron chi connectivity index (χ3n) is 2.02. The summed E-state index contributed by atoms with van der Waals surface area (Å²) in [6.45, 7) is 5.77. The fourth-order valence-electron chi connectivity index (χ4n) is 1.21. The second kappa shape index (κ2) is 5.68. The van der Waals surface area contributed by atoms with Crippen molar-refractivity contribution >= 4 is 0 Å².